The molecule has 1 atom stereocenters. The predicted molar refractivity (Wildman–Crippen MR) is 67.0 cm³/mol. The fourth-order valence-corrected chi connectivity index (χ4v) is 2.02. The van der Waals surface area contributed by atoms with Gasteiger partial charge in [-0.3, -0.25) is 4.79 Å². The van der Waals surface area contributed by atoms with Gasteiger partial charge in [0.15, 0.2) is 11.9 Å². The molecule has 4 nitrogen and oxygen atoms in total. The summed E-state index contributed by atoms with van der Waals surface area (Å²) in [5.74, 6) is 0.0381. The van der Waals surface area contributed by atoms with E-state index in [2.05, 4.69) is 5.32 Å². The van der Waals surface area contributed by atoms with Gasteiger partial charge in [0.2, 0.25) is 0 Å². The number of rotatable bonds is 3. The van der Waals surface area contributed by atoms with Gasteiger partial charge in [0.25, 0.3) is 0 Å². The molecular formula is C14H17NO3. The maximum Gasteiger partial charge on any atom is 0.408 e. The first-order chi connectivity index (χ1) is 8.75. The van der Waals surface area contributed by atoms with Crippen LogP contribution in [0.5, 0.6) is 0 Å². The molecule has 18 heavy (non-hydrogen) atoms. The quantitative estimate of drug-likeness (QED) is 0.892. The molecule has 1 saturated carbocycles. The first-order valence-corrected chi connectivity index (χ1v) is 6.27. The van der Waals surface area contributed by atoms with Crippen LogP contribution in [0.15, 0.2) is 30.3 Å². The molecule has 0 aromatic heterocycles. The number of hydrogen-bond donors (Lipinski definition) is 1. The molecule has 1 aliphatic carbocycles. The van der Waals surface area contributed by atoms with E-state index in [0.717, 1.165) is 18.4 Å². The molecule has 0 heterocycles. The van der Waals surface area contributed by atoms with Crippen molar-refractivity contribution < 1.29 is 14.3 Å². The first kappa shape index (κ1) is 12.6. The van der Waals surface area contributed by atoms with E-state index in [0.29, 0.717) is 19.4 Å². The highest BCUT2D eigenvalue weighted by molar-refractivity contribution is 5.85. The Balaban J connectivity index is 1.76. The fraction of sp³-hybridized carbons (Fsp3) is 0.429. The van der Waals surface area contributed by atoms with Crippen LogP contribution < -0.4 is 5.32 Å². The lowest BCUT2D eigenvalue weighted by atomic mass is 9.96. The third kappa shape index (κ3) is 3.58. The van der Waals surface area contributed by atoms with Gasteiger partial charge in [0, 0.05) is 13.0 Å². The second-order valence-electron chi connectivity index (χ2n) is 4.45. The van der Waals surface area contributed by atoms with Crippen LogP contribution in [0, 0.1) is 0 Å². The van der Waals surface area contributed by atoms with Crippen LogP contribution in [-0.2, 0) is 16.1 Å². The Labute approximate surface area is 106 Å². The van der Waals surface area contributed by atoms with Crippen molar-refractivity contribution in [2.24, 2.45) is 0 Å². The van der Waals surface area contributed by atoms with Crippen LogP contribution >= 0.6 is 0 Å². The number of hydrogen-bond acceptors (Lipinski definition) is 3. The highest BCUT2D eigenvalue weighted by Crippen LogP contribution is 2.17. The molecule has 4 heteroatoms. The number of nitrogens with one attached hydrogen (secondary N) is 1. The normalized spacial score (nSPS) is 19.3. The lowest BCUT2D eigenvalue weighted by molar-refractivity contribution is -0.129. The Morgan fingerprint density at radius 3 is 2.78 bits per heavy atom. The Morgan fingerprint density at radius 1 is 1.28 bits per heavy atom. The van der Waals surface area contributed by atoms with Crippen molar-refractivity contribution in [2.75, 3.05) is 0 Å². The minimum absolute atomic E-state index is 0.0381. The average molecular weight is 247 g/mol. The van der Waals surface area contributed by atoms with Crippen molar-refractivity contribution in [1.82, 2.24) is 5.32 Å². The SMILES string of the molecule is O=C(NCc1ccccc1)OC1CCCCC1=O. The standard InChI is InChI=1S/C14H17NO3/c16-12-8-4-5-9-13(12)18-14(17)15-10-11-6-2-1-3-7-11/h1-3,6-7,13H,4-5,8-10H2,(H,15,17). The van der Waals surface area contributed by atoms with Crippen molar-refractivity contribution in [3.63, 3.8) is 0 Å². The Hall–Kier alpha value is -1.84. The number of benzene rings is 1. The Bertz CT molecular complexity index is 416. The molecule has 1 unspecified atom stereocenters. The van der Waals surface area contributed by atoms with Gasteiger partial charge in [-0.15, -0.1) is 0 Å². The number of amides is 1. The summed E-state index contributed by atoms with van der Waals surface area (Å²) in [7, 11) is 0. The second-order valence-corrected chi connectivity index (χ2v) is 4.45. The number of Topliss-reactive ketones (excluding diaryl/α,β-unsaturated/α-hetero) is 1. The summed E-state index contributed by atoms with van der Waals surface area (Å²) in [5.41, 5.74) is 1.00. The number of carbonyl (C=O) groups excluding carboxylic acids is 2. The van der Waals surface area contributed by atoms with Crippen LogP contribution in [0.25, 0.3) is 0 Å². The van der Waals surface area contributed by atoms with Crippen LogP contribution in [0.4, 0.5) is 4.79 Å². The summed E-state index contributed by atoms with van der Waals surface area (Å²) in [6, 6.07) is 9.58. The zero-order chi connectivity index (χ0) is 12.8. The van der Waals surface area contributed by atoms with E-state index in [4.69, 9.17) is 4.74 Å². The van der Waals surface area contributed by atoms with Gasteiger partial charge < -0.3 is 10.1 Å². The lowest BCUT2D eigenvalue weighted by Gasteiger charge is -2.20. The molecule has 0 bridgehead atoms. The van der Waals surface area contributed by atoms with Gasteiger partial charge in [-0.25, -0.2) is 4.79 Å². The minimum atomic E-state index is -0.547. The lowest BCUT2D eigenvalue weighted by Crippen LogP contribution is -2.34. The van der Waals surface area contributed by atoms with E-state index in [9.17, 15) is 9.59 Å². The molecule has 0 saturated heterocycles. The maximum atomic E-state index is 11.5. The molecule has 0 radical (unpaired) electrons. The van der Waals surface area contributed by atoms with Crippen LogP contribution in [-0.4, -0.2) is 18.0 Å². The maximum absolute atomic E-state index is 11.5. The van der Waals surface area contributed by atoms with E-state index in [1.54, 1.807) is 0 Å². The highest BCUT2D eigenvalue weighted by atomic mass is 16.6. The summed E-state index contributed by atoms with van der Waals surface area (Å²) in [6.07, 6.45) is 1.97. The summed E-state index contributed by atoms with van der Waals surface area (Å²) < 4.78 is 5.13. The molecule has 96 valence electrons. The van der Waals surface area contributed by atoms with Gasteiger partial charge >= 0.3 is 6.09 Å². The van der Waals surface area contributed by atoms with E-state index >= 15 is 0 Å². The van der Waals surface area contributed by atoms with E-state index in [-0.39, 0.29) is 5.78 Å². The summed E-state index contributed by atoms with van der Waals surface area (Å²) in [4.78, 5) is 23.0. The monoisotopic (exact) mass is 247 g/mol. The van der Waals surface area contributed by atoms with Crippen molar-refractivity contribution in [2.45, 2.75) is 38.3 Å². The topological polar surface area (TPSA) is 55.4 Å². The molecule has 1 aliphatic rings. The van der Waals surface area contributed by atoms with Gasteiger partial charge in [-0.1, -0.05) is 30.3 Å². The molecule has 1 aromatic rings. The summed E-state index contributed by atoms with van der Waals surface area (Å²) in [5, 5.41) is 2.65. The smallest absolute Gasteiger partial charge is 0.408 e. The van der Waals surface area contributed by atoms with E-state index < -0.39 is 12.2 Å². The largest absolute Gasteiger partial charge is 0.438 e. The van der Waals surface area contributed by atoms with E-state index in [1.807, 2.05) is 30.3 Å². The predicted octanol–water partition coefficient (Wildman–Crippen LogP) is 2.42. The van der Waals surface area contributed by atoms with Gasteiger partial charge in [-0.05, 0) is 24.8 Å². The average Bonchev–Trinajstić information content (AvgIpc) is 2.40. The molecular weight excluding hydrogens is 230 g/mol. The highest BCUT2D eigenvalue weighted by Gasteiger charge is 2.25. The molecule has 2 rings (SSSR count). The van der Waals surface area contributed by atoms with Gasteiger partial charge in [0.1, 0.15) is 0 Å². The van der Waals surface area contributed by atoms with Crippen LogP contribution in [0.1, 0.15) is 31.2 Å². The summed E-state index contributed by atoms with van der Waals surface area (Å²) >= 11 is 0. The van der Waals surface area contributed by atoms with E-state index in [1.165, 1.54) is 0 Å². The van der Waals surface area contributed by atoms with Crippen molar-refractivity contribution in [3.05, 3.63) is 35.9 Å². The van der Waals surface area contributed by atoms with Crippen molar-refractivity contribution in [3.8, 4) is 0 Å². The molecule has 1 amide bonds. The van der Waals surface area contributed by atoms with Crippen LogP contribution in [0.3, 0.4) is 0 Å². The minimum Gasteiger partial charge on any atom is -0.438 e. The van der Waals surface area contributed by atoms with Gasteiger partial charge in [-0.2, -0.15) is 0 Å². The van der Waals surface area contributed by atoms with Gasteiger partial charge in [0.05, 0.1) is 0 Å². The second kappa shape index (κ2) is 6.19. The number of ether oxygens (including phenoxy) is 1. The molecule has 1 fully saturated rings. The van der Waals surface area contributed by atoms with Crippen molar-refractivity contribution in [1.29, 1.82) is 0 Å². The Morgan fingerprint density at radius 2 is 2.06 bits per heavy atom. The third-order valence-corrected chi connectivity index (χ3v) is 3.03. The number of carbonyl (C=O) groups is 2. The fourth-order valence-electron chi connectivity index (χ4n) is 2.02. The van der Waals surface area contributed by atoms with Crippen molar-refractivity contribution >= 4 is 11.9 Å². The zero-order valence-electron chi connectivity index (χ0n) is 10.2. The molecule has 1 N–H and O–H groups in total. The zero-order valence-corrected chi connectivity index (χ0v) is 10.2. The molecule has 1 aromatic carbocycles. The summed E-state index contributed by atoms with van der Waals surface area (Å²) in [6.45, 7) is 0.417. The number of ketones is 1. The van der Waals surface area contributed by atoms with Crippen LogP contribution in [0.2, 0.25) is 0 Å². The third-order valence-electron chi connectivity index (χ3n) is 3.03. The molecule has 0 aliphatic heterocycles. The Kier molecular flexibility index (Phi) is 4.34. The molecule has 0 spiro atoms. The first-order valence-electron chi connectivity index (χ1n) is 6.27. The number of alkyl carbamates (subject to hydrolysis) is 1.